The highest BCUT2D eigenvalue weighted by molar-refractivity contribution is 9.10. The van der Waals surface area contributed by atoms with Crippen molar-refractivity contribution in [1.82, 2.24) is 4.31 Å². The number of anilines is 1. The van der Waals surface area contributed by atoms with Gasteiger partial charge in [-0.25, -0.2) is 8.42 Å². The standard InChI is InChI=1S/C24H22BrClN2O3S/c1-17-14-19-4-2-3-5-23(19)28(17)24(29)16-27(15-18-6-8-20(25)9-7-18)32(30,31)22-12-10-21(26)11-13-22/h2-13,17H,14-16H2,1H3/t17-/m0/s1. The fourth-order valence-electron chi connectivity index (χ4n) is 3.95. The molecular formula is C24H22BrClN2O3S. The summed E-state index contributed by atoms with van der Waals surface area (Å²) in [5.41, 5.74) is 2.72. The molecule has 1 aliphatic rings. The van der Waals surface area contributed by atoms with Crippen LogP contribution in [0.25, 0.3) is 0 Å². The Morgan fingerprint density at radius 1 is 1.06 bits per heavy atom. The van der Waals surface area contributed by atoms with E-state index in [1.807, 2.05) is 55.5 Å². The SMILES string of the molecule is C[C@H]1Cc2ccccc2N1C(=O)CN(Cc1ccc(Br)cc1)S(=O)(=O)c1ccc(Cl)cc1. The first-order valence-electron chi connectivity index (χ1n) is 10.2. The molecule has 0 fully saturated rings. The molecule has 1 amide bonds. The summed E-state index contributed by atoms with van der Waals surface area (Å²) >= 11 is 9.34. The van der Waals surface area contributed by atoms with Crippen molar-refractivity contribution in [1.29, 1.82) is 0 Å². The number of sulfonamides is 1. The smallest absolute Gasteiger partial charge is 0.243 e. The highest BCUT2D eigenvalue weighted by Gasteiger charge is 2.34. The summed E-state index contributed by atoms with van der Waals surface area (Å²) in [6, 6.07) is 21.1. The minimum absolute atomic E-state index is 0.0346. The molecule has 1 aliphatic heterocycles. The first kappa shape index (κ1) is 23.0. The molecule has 0 radical (unpaired) electrons. The van der Waals surface area contributed by atoms with Gasteiger partial charge in [-0.15, -0.1) is 0 Å². The number of carbonyl (C=O) groups is 1. The van der Waals surface area contributed by atoms with E-state index in [1.54, 1.807) is 4.90 Å². The molecule has 0 saturated carbocycles. The molecule has 3 aromatic carbocycles. The normalized spacial score (nSPS) is 15.8. The van der Waals surface area contributed by atoms with Crippen molar-refractivity contribution in [2.75, 3.05) is 11.4 Å². The van der Waals surface area contributed by atoms with Gasteiger partial charge in [-0.3, -0.25) is 4.79 Å². The Labute approximate surface area is 201 Å². The van der Waals surface area contributed by atoms with Crippen LogP contribution in [-0.4, -0.2) is 31.2 Å². The lowest BCUT2D eigenvalue weighted by molar-refractivity contribution is -0.119. The molecule has 1 atom stereocenters. The predicted molar refractivity (Wildman–Crippen MR) is 130 cm³/mol. The Morgan fingerprint density at radius 3 is 2.41 bits per heavy atom. The average molecular weight is 534 g/mol. The fraction of sp³-hybridized carbons (Fsp3) is 0.208. The zero-order valence-electron chi connectivity index (χ0n) is 17.4. The Morgan fingerprint density at radius 2 is 1.72 bits per heavy atom. The molecule has 0 saturated heterocycles. The fourth-order valence-corrected chi connectivity index (χ4v) is 5.72. The molecule has 1 heterocycles. The van der Waals surface area contributed by atoms with Crippen LogP contribution >= 0.6 is 27.5 Å². The third-order valence-corrected chi connectivity index (χ3v) is 8.10. The van der Waals surface area contributed by atoms with Crippen molar-refractivity contribution < 1.29 is 13.2 Å². The van der Waals surface area contributed by atoms with Gasteiger partial charge in [0.25, 0.3) is 0 Å². The van der Waals surface area contributed by atoms with Gasteiger partial charge in [0, 0.05) is 27.8 Å². The maximum absolute atomic E-state index is 13.5. The Bertz CT molecular complexity index is 1230. The second-order valence-electron chi connectivity index (χ2n) is 7.80. The molecule has 0 unspecified atom stereocenters. The van der Waals surface area contributed by atoms with Crippen LogP contribution in [0.1, 0.15) is 18.1 Å². The van der Waals surface area contributed by atoms with E-state index in [4.69, 9.17) is 11.6 Å². The Kier molecular flexibility index (Phi) is 6.72. The number of nitrogens with zero attached hydrogens (tertiary/aromatic N) is 2. The van der Waals surface area contributed by atoms with E-state index in [1.165, 1.54) is 28.6 Å². The topological polar surface area (TPSA) is 57.7 Å². The Balaban J connectivity index is 1.67. The molecule has 4 rings (SSSR count). The predicted octanol–water partition coefficient (Wildman–Crippen LogP) is 5.27. The van der Waals surface area contributed by atoms with Crippen LogP contribution in [0.2, 0.25) is 5.02 Å². The van der Waals surface area contributed by atoms with E-state index in [0.29, 0.717) is 5.02 Å². The first-order chi connectivity index (χ1) is 15.3. The largest absolute Gasteiger partial charge is 0.308 e. The van der Waals surface area contributed by atoms with Crippen LogP contribution < -0.4 is 4.90 Å². The zero-order valence-corrected chi connectivity index (χ0v) is 20.6. The third kappa shape index (κ3) is 4.76. The number of para-hydroxylation sites is 1. The molecule has 0 bridgehead atoms. The maximum Gasteiger partial charge on any atom is 0.243 e. The number of benzene rings is 3. The zero-order chi connectivity index (χ0) is 22.9. The second kappa shape index (κ2) is 9.35. The van der Waals surface area contributed by atoms with Gasteiger partial charge in [-0.2, -0.15) is 4.31 Å². The third-order valence-electron chi connectivity index (χ3n) is 5.51. The summed E-state index contributed by atoms with van der Waals surface area (Å²) in [6.45, 7) is 1.79. The molecule has 32 heavy (non-hydrogen) atoms. The molecule has 0 spiro atoms. The van der Waals surface area contributed by atoms with Crippen molar-refractivity contribution in [3.63, 3.8) is 0 Å². The molecule has 3 aromatic rings. The average Bonchev–Trinajstić information content (AvgIpc) is 3.10. The van der Waals surface area contributed by atoms with Gasteiger partial charge < -0.3 is 4.90 Å². The van der Waals surface area contributed by atoms with Gasteiger partial charge in [0.2, 0.25) is 15.9 Å². The van der Waals surface area contributed by atoms with Crippen LogP contribution in [0.5, 0.6) is 0 Å². The van der Waals surface area contributed by atoms with E-state index in [9.17, 15) is 13.2 Å². The lowest BCUT2D eigenvalue weighted by atomic mass is 10.1. The van der Waals surface area contributed by atoms with Crippen LogP contribution in [0.4, 0.5) is 5.69 Å². The number of amides is 1. The van der Waals surface area contributed by atoms with Gasteiger partial charge in [0.05, 0.1) is 11.4 Å². The van der Waals surface area contributed by atoms with Crippen molar-refractivity contribution in [3.8, 4) is 0 Å². The van der Waals surface area contributed by atoms with Crippen LogP contribution in [0.15, 0.2) is 82.2 Å². The quantitative estimate of drug-likeness (QED) is 0.434. The molecular weight excluding hydrogens is 512 g/mol. The van der Waals surface area contributed by atoms with Gasteiger partial charge in [0.15, 0.2) is 0 Å². The van der Waals surface area contributed by atoms with Crippen molar-refractivity contribution in [3.05, 3.63) is 93.4 Å². The van der Waals surface area contributed by atoms with Gasteiger partial charge in [0.1, 0.15) is 0 Å². The summed E-state index contributed by atoms with van der Waals surface area (Å²) in [5.74, 6) is -0.253. The van der Waals surface area contributed by atoms with Crippen molar-refractivity contribution >= 4 is 49.1 Å². The number of carbonyl (C=O) groups excluding carboxylic acids is 1. The molecule has 166 valence electrons. The second-order valence-corrected chi connectivity index (χ2v) is 11.1. The number of hydrogen-bond acceptors (Lipinski definition) is 3. The van der Waals surface area contributed by atoms with E-state index in [2.05, 4.69) is 15.9 Å². The van der Waals surface area contributed by atoms with Crippen LogP contribution in [0, 0.1) is 0 Å². The van der Waals surface area contributed by atoms with Crippen LogP contribution in [-0.2, 0) is 27.8 Å². The minimum Gasteiger partial charge on any atom is -0.308 e. The molecule has 0 aromatic heterocycles. The molecule has 0 aliphatic carbocycles. The first-order valence-corrected chi connectivity index (χ1v) is 12.8. The minimum atomic E-state index is -3.93. The summed E-state index contributed by atoms with van der Waals surface area (Å²) < 4.78 is 29.1. The highest BCUT2D eigenvalue weighted by atomic mass is 79.9. The monoisotopic (exact) mass is 532 g/mol. The number of rotatable bonds is 6. The molecule has 5 nitrogen and oxygen atoms in total. The molecule has 8 heteroatoms. The van der Waals surface area contributed by atoms with E-state index < -0.39 is 10.0 Å². The van der Waals surface area contributed by atoms with Crippen molar-refractivity contribution in [2.24, 2.45) is 0 Å². The van der Waals surface area contributed by atoms with Crippen LogP contribution in [0.3, 0.4) is 0 Å². The molecule has 0 N–H and O–H groups in total. The summed E-state index contributed by atoms with van der Waals surface area (Å²) in [4.78, 5) is 15.2. The van der Waals surface area contributed by atoms with E-state index >= 15 is 0 Å². The lowest BCUT2D eigenvalue weighted by Crippen LogP contribution is -2.44. The lowest BCUT2D eigenvalue weighted by Gasteiger charge is -2.27. The Hall–Kier alpha value is -2.19. The van der Waals surface area contributed by atoms with E-state index in [-0.39, 0.29) is 29.9 Å². The summed E-state index contributed by atoms with van der Waals surface area (Å²) in [5, 5.41) is 0.446. The number of halogens is 2. The van der Waals surface area contributed by atoms with Gasteiger partial charge in [-0.1, -0.05) is 57.9 Å². The summed E-state index contributed by atoms with van der Waals surface area (Å²) in [7, 11) is -3.93. The summed E-state index contributed by atoms with van der Waals surface area (Å²) in [6.07, 6.45) is 0.749. The highest BCUT2D eigenvalue weighted by Crippen LogP contribution is 2.32. The van der Waals surface area contributed by atoms with E-state index in [0.717, 1.165) is 27.7 Å². The number of hydrogen-bond donors (Lipinski definition) is 0. The maximum atomic E-state index is 13.5. The van der Waals surface area contributed by atoms with Gasteiger partial charge >= 0.3 is 0 Å². The van der Waals surface area contributed by atoms with Crippen molar-refractivity contribution in [2.45, 2.75) is 30.8 Å². The van der Waals surface area contributed by atoms with Gasteiger partial charge in [-0.05, 0) is 66.9 Å². The number of fused-ring (bicyclic) bond motifs is 1.